The number of hydrogen-bond donors (Lipinski definition) is 0. The van der Waals surface area contributed by atoms with Gasteiger partial charge in [0.1, 0.15) is 22.3 Å². The van der Waals surface area contributed by atoms with Gasteiger partial charge in [-0.3, -0.25) is 4.57 Å². The SMILES string of the molecule is c1ccc(-c2nc(-n3c4ccccc4c4c5oc6ccc7ccc8oc9ccccc9c8c7c6c5ccc43)nc3ccccc23)cc1. The van der Waals surface area contributed by atoms with E-state index in [4.69, 9.17) is 18.8 Å². The molecule has 0 saturated carbocycles. The first-order chi connectivity index (χ1) is 23.3. The lowest BCUT2D eigenvalue weighted by atomic mass is 9.98. The van der Waals surface area contributed by atoms with Crippen LogP contribution >= 0.6 is 0 Å². The topological polar surface area (TPSA) is 57.0 Å². The number of furan rings is 2. The lowest BCUT2D eigenvalue weighted by Crippen LogP contribution is -2.03. The maximum atomic E-state index is 6.85. The Morgan fingerprint density at radius 2 is 1.13 bits per heavy atom. The van der Waals surface area contributed by atoms with Crippen LogP contribution < -0.4 is 0 Å². The quantitative estimate of drug-likeness (QED) is 0.198. The van der Waals surface area contributed by atoms with Crippen LogP contribution in [0.3, 0.4) is 0 Å². The zero-order valence-corrected chi connectivity index (χ0v) is 24.9. The Morgan fingerprint density at radius 1 is 0.426 bits per heavy atom. The van der Waals surface area contributed by atoms with Crippen LogP contribution in [0.25, 0.3) is 105 Å². The normalized spacial score (nSPS) is 12.3. The first-order valence-electron chi connectivity index (χ1n) is 15.8. The summed E-state index contributed by atoms with van der Waals surface area (Å²) in [5.41, 5.74) is 8.35. The van der Waals surface area contributed by atoms with E-state index in [1.807, 2.05) is 30.3 Å². The van der Waals surface area contributed by atoms with Crippen molar-refractivity contribution in [3.8, 4) is 17.2 Å². The average molecular weight is 602 g/mol. The van der Waals surface area contributed by atoms with Crippen LogP contribution in [0.15, 0.2) is 148 Å². The molecule has 5 heteroatoms. The van der Waals surface area contributed by atoms with E-state index < -0.39 is 0 Å². The Bertz CT molecular complexity index is 3070. The summed E-state index contributed by atoms with van der Waals surface area (Å²) in [4.78, 5) is 10.4. The molecule has 4 aromatic heterocycles. The van der Waals surface area contributed by atoms with E-state index in [9.17, 15) is 0 Å². The Kier molecular flexibility index (Phi) is 4.78. The molecule has 0 aliphatic rings. The second-order valence-corrected chi connectivity index (χ2v) is 12.1. The number of fused-ring (bicyclic) bond motifs is 14. The van der Waals surface area contributed by atoms with E-state index in [0.717, 1.165) is 98.6 Å². The van der Waals surface area contributed by atoms with Crippen LogP contribution in [0.1, 0.15) is 0 Å². The second-order valence-electron chi connectivity index (χ2n) is 12.1. The van der Waals surface area contributed by atoms with Gasteiger partial charge in [0.15, 0.2) is 0 Å². The van der Waals surface area contributed by atoms with Crippen LogP contribution in [0, 0.1) is 0 Å². The fourth-order valence-electron chi connectivity index (χ4n) is 7.60. The molecule has 0 bridgehead atoms. The van der Waals surface area contributed by atoms with Gasteiger partial charge in [-0.05, 0) is 47.9 Å². The van der Waals surface area contributed by atoms with Crippen LogP contribution in [0.5, 0.6) is 0 Å². The van der Waals surface area contributed by atoms with Gasteiger partial charge in [-0.2, -0.15) is 0 Å². The summed E-state index contributed by atoms with van der Waals surface area (Å²) in [6.45, 7) is 0. The highest BCUT2D eigenvalue weighted by molar-refractivity contribution is 6.33. The highest BCUT2D eigenvalue weighted by Crippen LogP contribution is 2.45. The van der Waals surface area contributed by atoms with Crippen molar-refractivity contribution in [2.75, 3.05) is 0 Å². The average Bonchev–Trinajstić information content (AvgIpc) is 3.81. The minimum atomic E-state index is 0.626. The van der Waals surface area contributed by atoms with E-state index in [-0.39, 0.29) is 0 Å². The highest BCUT2D eigenvalue weighted by atomic mass is 16.3. The molecule has 4 heterocycles. The van der Waals surface area contributed by atoms with Crippen molar-refractivity contribution < 1.29 is 8.83 Å². The molecule has 47 heavy (non-hydrogen) atoms. The van der Waals surface area contributed by atoms with Gasteiger partial charge in [0.05, 0.1) is 27.6 Å². The predicted octanol–water partition coefficient (Wildman–Crippen LogP) is 11.3. The minimum Gasteiger partial charge on any atom is -0.456 e. The zero-order chi connectivity index (χ0) is 30.6. The van der Waals surface area contributed by atoms with Gasteiger partial charge < -0.3 is 8.83 Å². The number of para-hydroxylation sites is 3. The largest absolute Gasteiger partial charge is 0.456 e. The molecule has 5 nitrogen and oxygen atoms in total. The third-order valence-electron chi connectivity index (χ3n) is 9.60. The summed E-state index contributed by atoms with van der Waals surface area (Å²) >= 11 is 0. The van der Waals surface area contributed by atoms with Gasteiger partial charge >= 0.3 is 0 Å². The van der Waals surface area contributed by atoms with Crippen molar-refractivity contribution in [1.29, 1.82) is 0 Å². The Morgan fingerprint density at radius 3 is 2.00 bits per heavy atom. The van der Waals surface area contributed by atoms with Crippen LogP contribution in [0.4, 0.5) is 0 Å². The van der Waals surface area contributed by atoms with Crippen molar-refractivity contribution in [3.05, 3.63) is 140 Å². The summed E-state index contributed by atoms with van der Waals surface area (Å²) in [7, 11) is 0. The van der Waals surface area contributed by atoms with Gasteiger partial charge in [0.2, 0.25) is 5.95 Å². The van der Waals surface area contributed by atoms with Gasteiger partial charge in [-0.25, -0.2) is 9.97 Å². The van der Waals surface area contributed by atoms with Crippen LogP contribution in [-0.2, 0) is 0 Å². The summed E-state index contributed by atoms with van der Waals surface area (Å²) in [5, 5.41) is 9.86. The van der Waals surface area contributed by atoms with Crippen LogP contribution in [0.2, 0.25) is 0 Å². The van der Waals surface area contributed by atoms with Gasteiger partial charge in [-0.1, -0.05) is 97.1 Å². The molecular weight excluding hydrogens is 578 g/mol. The number of benzene rings is 7. The standard InChI is InChI=1S/C42H23N3O2/c1-2-10-25(11-3-1)40-26-12-4-7-15-30(26)43-42(44-40)45-31-16-8-5-13-27(31)37-32(45)21-20-29-39-35(47-41(29)37)23-19-24-18-22-34-38(36(24)39)28-14-6-9-17-33(28)46-34/h1-23H. The van der Waals surface area contributed by atoms with E-state index in [1.54, 1.807) is 0 Å². The Labute approximate surface area is 266 Å². The third kappa shape index (κ3) is 3.32. The molecule has 0 atom stereocenters. The molecule has 218 valence electrons. The summed E-state index contributed by atoms with van der Waals surface area (Å²) in [6, 6.07) is 48.1. The van der Waals surface area contributed by atoms with E-state index in [1.165, 1.54) is 0 Å². The molecule has 0 aliphatic heterocycles. The van der Waals surface area contributed by atoms with Crippen molar-refractivity contribution in [2.45, 2.75) is 0 Å². The minimum absolute atomic E-state index is 0.626. The van der Waals surface area contributed by atoms with Crippen molar-refractivity contribution in [3.63, 3.8) is 0 Å². The van der Waals surface area contributed by atoms with E-state index in [0.29, 0.717) is 5.95 Å². The molecule has 7 aromatic carbocycles. The van der Waals surface area contributed by atoms with Crippen LogP contribution in [-0.4, -0.2) is 14.5 Å². The molecule has 0 N–H and O–H groups in total. The molecular formula is C42H23N3O2. The predicted molar refractivity (Wildman–Crippen MR) is 191 cm³/mol. The monoisotopic (exact) mass is 601 g/mol. The first-order valence-corrected chi connectivity index (χ1v) is 15.8. The zero-order valence-electron chi connectivity index (χ0n) is 24.9. The Balaban J connectivity index is 1.28. The van der Waals surface area contributed by atoms with Gasteiger partial charge in [0, 0.05) is 43.3 Å². The molecule has 0 fully saturated rings. The van der Waals surface area contributed by atoms with Crippen molar-refractivity contribution >= 4 is 87.4 Å². The maximum Gasteiger partial charge on any atom is 0.235 e. The molecule has 0 unspecified atom stereocenters. The summed E-state index contributed by atoms with van der Waals surface area (Å²) in [5.74, 6) is 0.626. The fourth-order valence-corrected chi connectivity index (χ4v) is 7.60. The van der Waals surface area contributed by atoms with Gasteiger partial charge in [0.25, 0.3) is 0 Å². The van der Waals surface area contributed by atoms with Crippen molar-refractivity contribution in [2.24, 2.45) is 0 Å². The molecule has 11 aromatic rings. The van der Waals surface area contributed by atoms with E-state index in [2.05, 4.69) is 114 Å². The summed E-state index contributed by atoms with van der Waals surface area (Å²) < 4.78 is 15.3. The number of aromatic nitrogens is 3. The highest BCUT2D eigenvalue weighted by Gasteiger charge is 2.23. The fraction of sp³-hybridized carbons (Fsp3) is 0. The van der Waals surface area contributed by atoms with Crippen molar-refractivity contribution in [1.82, 2.24) is 14.5 Å². The first kappa shape index (κ1) is 24.8. The Hall–Kier alpha value is -6.46. The maximum absolute atomic E-state index is 6.85. The lowest BCUT2D eigenvalue weighted by Gasteiger charge is -2.11. The number of rotatable bonds is 2. The molecule has 0 spiro atoms. The molecule has 0 aliphatic carbocycles. The molecule has 0 radical (unpaired) electrons. The second kappa shape index (κ2) is 9.05. The number of hydrogen-bond acceptors (Lipinski definition) is 4. The van der Waals surface area contributed by atoms with E-state index >= 15 is 0 Å². The smallest absolute Gasteiger partial charge is 0.235 e. The summed E-state index contributed by atoms with van der Waals surface area (Å²) in [6.07, 6.45) is 0. The lowest BCUT2D eigenvalue weighted by molar-refractivity contribution is 0.669. The third-order valence-corrected chi connectivity index (χ3v) is 9.60. The molecule has 0 saturated heterocycles. The van der Waals surface area contributed by atoms with Gasteiger partial charge in [-0.15, -0.1) is 0 Å². The number of nitrogens with zero attached hydrogens (tertiary/aromatic N) is 3. The molecule has 11 rings (SSSR count). The molecule has 0 amide bonds.